The number of amides is 1. The van der Waals surface area contributed by atoms with Crippen LogP contribution in [0.1, 0.15) is 42.6 Å². The standard InChI is InChI=1S/C13H19N3OS/c14-10-4-8-2-1-3-9(5-10)12(8)16-13(17)11-6-18-7-15-11/h6-10,12H,1-5,14H2,(H,16,17). The third-order valence-corrected chi connectivity index (χ3v) is 4.93. The lowest BCUT2D eigenvalue weighted by atomic mass is 9.67. The van der Waals surface area contributed by atoms with Crippen LogP contribution in [-0.4, -0.2) is 23.0 Å². The highest BCUT2D eigenvalue weighted by Crippen LogP contribution is 2.39. The summed E-state index contributed by atoms with van der Waals surface area (Å²) in [7, 11) is 0. The molecule has 2 aliphatic carbocycles. The van der Waals surface area contributed by atoms with Crippen molar-refractivity contribution in [2.24, 2.45) is 17.6 Å². The lowest BCUT2D eigenvalue weighted by Gasteiger charge is -2.45. The Labute approximate surface area is 111 Å². The Kier molecular flexibility index (Phi) is 3.35. The first kappa shape index (κ1) is 12.1. The molecule has 0 spiro atoms. The summed E-state index contributed by atoms with van der Waals surface area (Å²) in [6.07, 6.45) is 5.79. The van der Waals surface area contributed by atoms with E-state index in [0.717, 1.165) is 12.8 Å². The van der Waals surface area contributed by atoms with Gasteiger partial charge in [0, 0.05) is 17.5 Å². The Balaban J connectivity index is 1.70. The summed E-state index contributed by atoms with van der Waals surface area (Å²) in [6.45, 7) is 0. The number of nitrogens with one attached hydrogen (secondary N) is 1. The van der Waals surface area contributed by atoms with Gasteiger partial charge in [0.1, 0.15) is 5.69 Å². The number of carbonyl (C=O) groups is 1. The largest absolute Gasteiger partial charge is 0.347 e. The summed E-state index contributed by atoms with van der Waals surface area (Å²) in [6, 6.07) is 0.639. The fraction of sp³-hybridized carbons (Fsp3) is 0.692. The van der Waals surface area contributed by atoms with Crippen molar-refractivity contribution in [3.8, 4) is 0 Å². The number of hydrogen-bond donors (Lipinski definition) is 2. The average Bonchev–Trinajstić information content (AvgIpc) is 2.83. The van der Waals surface area contributed by atoms with Crippen LogP contribution >= 0.6 is 11.3 Å². The van der Waals surface area contributed by atoms with Gasteiger partial charge in [-0.15, -0.1) is 11.3 Å². The van der Waals surface area contributed by atoms with Gasteiger partial charge in [-0.25, -0.2) is 4.98 Å². The minimum atomic E-state index is -0.0198. The smallest absolute Gasteiger partial charge is 0.270 e. The normalized spacial score (nSPS) is 35.2. The van der Waals surface area contributed by atoms with Crippen LogP contribution < -0.4 is 11.1 Å². The molecule has 0 aromatic carbocycles. The van der Waals surface area contributed by atoms with Gasteiger partial charge in [0.05, 0.1) is 5.51 Å². The molecule has 2 fully saturated rings. The number of nitrogens with zero attached hydrogens (tertiary/aromatic N) is 1. The molecule has 1 aromatic heterocycles. The second-order valence-electron chi connectivity index (χ2n) is 5.56. The molecule has 4 nitrogen and oxygen atoms in total. The monoisotopic (exact) mass is 265 g/mol. The molecule has 2 saturated carbocycles. The van der Waals surface area contributed by atoms with Crippen molar-refractivity contribution in [3.63, 3.8) is 0 Å². The van der Waals surface area contributed by atoms with Gasteiger partial charge in [0.15, 0.2) is 0 Å². The van der Waals surface area contributed by atoms with E-state index in [2.05, 4.69) is 10.3 Å². The van der Waals surface area contributed by atoms with Crippen molar-refractivity contribution in [1.29, 1.82) is 0 Å². The van der Waals surface area contributed by atoms with Gasteiger partial charge >= 0.3 is 0 Å². The molecule has 1 heterocycles. The van der Waals surface area contributed by atoms with Crippen LogP contribution in [0.3, 0.4) is 0 Å². The summed E-state index contributed by atoms with van der Waals surface area (Å²) in [5.74, 6) is 1.11. The van der Waals surface area contributed by atoms with E-state index < -0.39 is 0 Å². The minimum Gasteiger partial charge on any atom is -0.347 e. The van der Waals surface area contributed by atoms with Gasteiger partial charge in [0.25, 0.3) is 5.91 Å². The molecular formula is C13H19N3OS. The highest BCUT2D eigenvalue weighted by atomic mass is 32.1. The van der Waals surface area contributed by atoms with Crippen LogP contribution in [0.25, 0.3) is 0 Å². The van der Waals surface area contributed by atoms with Crippen LogP contribution in [0.2, 0.25) is 0 Å². The van der Waals surface area contributed by atoms with E-state index in [1.54, 1.807) is 10.9 Å². The van der Waals surface area contributed by atoms with Gasteiger partial charge in [-0.3, -0.25) is 4.79 Å². The van der Waals surface area contributed by atoms with Gasteiger partial charge in [-0.1, -0.05) is 6.42 Å². The Hall–Kier alpha value is -0.940. The molecule has 3 rings (SSSR count). The van der Waals surface area contributed by atoms with Crippen molar-refractivity contribution in [3.05, 3.63) is 16.6 Å². The lowest BCUT2D eigenvalue weighted by Crippen LogP contribution is -2.53. The number of nitrogens with two attached hydrogens (primary N) is 1. The zero-order chi connectivity index (χ0) is 12.5. The highest BCUT2D eigenvalue weighted by molar-refractivity contribution is 7.07. The van der Waals surface area contributed by atoms with E-state index in [0.29, 0.717) is 29.6 Å². The quantitative estimate of drug-likeness (QED) is 0.856. The van der Waals surface area contributed by atoms with E-state index in [-0.39, 0.29) is 5.91 Å². The molecular weight excluding hydrogens is 246 g/mol. The Morgan fingerprint density at radius 3 is 2.72 bits per heavy atom. The molecule has 0 radical (unpaired) electrons. The Morgan fingerprint density at radius 2 is 2.11 bits per heavy atom. The molecule has 5 heteroatoms. The predicted molar refractivity (Wildman–Crippen MR) is 71.4 cm³/mol. The predicted octanol–water partition coefficient (Wildman–Crippen LogP) is 1.78. The third kappa shape index (κ3) is 2.29. The molecule has 2 bridgehead atoms. The summed E-state index contributed by atoms with van der Waals surface area (Å²) >= 11 is 1.46. The number of hydrogen-bond acceptors (Lipinski definition) is 4. The zero-order valence-electron chi connectivity index (χ0n) is 10.3. The zero-order valence-corrected chi connectivity index (χ0v) is 11.2. The first-order chi connectivity index (χ1) is 8.74. The number of aromatic nitrogens is 1. The molecule has 98 valence electrons. The van der Waals surface area contributed by atoms with Crippen molar-refractivity contribution in [1.82, 2.24) is 10.3 Å². The minimum absolute atomic E-state index is 0.0198. The number of fused-ring (bicyclic) bond motifs is 2. The second-order valence-corrected chi connectivity index (χ2v) is 6.27. The maximum Gasteiger partial charge on any atom is 0.270 e. The molecule has 2 atom stereocenters. The SMILES string of the molecule is NC1CC2CCCC(C1)C2NC(=O)c1cscn1. The second kappa shape index (κ2) is 4.97. The number of thiazole rings is 1. The molecule has 0 saturated heterocycles. The topological polar surface area (TPSA) is 68.0 Å². The van der Waals surface area contributed by atoms with E-state index in [1.165, 1.54) is 30.6 Å². The molecule has 18 heavy (non-hydrogen) atoms. The molecule has 1 aromatic rings. The van der Waals surface area contributed by atoms with Crippen LogP contribution in [-0.2, 0) is 0 Å². The molecule has 0 aliphatic heterocycles. The number of rotatable bonds is 2. The summed E-state index contributed by atoms with van der Waals surface area (Å²) in [4.78, 5) is 16.2. The Morgan fingerprint density at radius 1 is 1.39 bits per heavy atom. The van der Waals surface area contributed by atoms with Crippen LogP contribution in [0, 0.1) is 11.8 Å². The van der Waals surface area contributed by atoms with E-state index in [9.17, 15) is 4.79 Å². The molecule has 3 N–H and O–H groups in total. The third-order valence-electron chi connectivity index (χ3n) is 4.34. The van der Waals surface area contributed by atoms with Crippen molar-refractivity contribution < 1.29 is 4.79 Å². The van der Waals surface area contributed by atoms with Gasteiger partial charge in [0.2, 0.25) is 0 Å². The maximum atomic E-state index is 12.1. The summed E-state index contributed by atoms with van der Waals surface area (Å²) in [5.41, 5.74) is 8.34. The highest BCUT2D eigenvalue weighted by Gasteiger charge is 2.40. The first-order valence-electron chi connectivity index (χ1n) is 6.68. The van der Waals surface area contributed by atoms with Crippen molar-refractivity contribution in [2.75, 3.05) is 0 Å². The van der Waals surface area contributed by atoms with Crippen molar-refractivity contribution >= 4 is 17.2 Å². The van der Waals surface area contributed by atoms with Gasteiger partial charge < -0.3 is 11.1 Å². The average molecular weight is 265 g/mol. The van der Waals surface area contributed by atoms with Crippen molar-refractivity contribution in [2.45, 2.75) is 44.2 Å². The molecule has 1 amide bonds. The molecule has 2 aliphatic rings. The van der Waals surface area contributed by atoms with Gasteiger partial charge in [-0.05, 0) is 37.5 Å². The Bertz CT molecular complexity index is 406. The number of carbonyl (C=O) groups excluding carboxylic acids is 1. The van der Waals surface area contributed by atoms with Crippen LogP contribution in [0.4, 0.5) is 0 Å². The lowest BCUT2D eigenvalue weighted by molar-refractivity contribution is 0.0752. The van der Waals surface area contributed by atoms with E-state index in [1.807, 2.05) is 0 Å². The fourth-order valence-corrected chi connectivity index (χ4v) is 4.11. The van der Waals surface area contributed by atoms with Crippen LogP contribution in [0.5, 0.6) is 0 Å². The summed E-state index contributed by atoms with van der Waals surface area (Å²) in [5, 5.41) is 5.00. The first-order valence-corrected chi connectivity index (χ1v) is 7.63. The van der Waals surface area contributed by atoms with Crippen LogP contribution in [0.15, 0.2) is 10.9 Å². The molecule has 2 unspecified atom stereocenters. The van der Waals surface area contributed by atoms with Gasteiger partial charge in [-0.2, -0.15) is 0 Å². The van der Waals surface area contributed by atoms with E-state index in [4.69, 9.17) is 5.73 Å². The fourth-order valence-electron chi connectivity index (χ4n) is 3.57. The maximum absolute atomic E-state index is 12.1. The summed E-state index contributed by atoms with van der Waals surface area (Å²) < 4.78 is 0. The van der Waals surface area contributed by atoms with E-state index >= 15 is 0 Å².